The molecular weight excluding hydrogens is 288 g/mol. The standard InChI is InChI=1S/C12H16O7S/c1-7-2-4-8(5-3-7)20(16,17)19-11-10(14)9(6-13)18-12(11)15/h2-5,9-15H,6H2,1H3/t9-,10+,11-,12+/m1/s1. The van der Waals surface area contributed by atoms with E-state index in [2.05, 4.69) is 0 Å². The van der Waals surface area contributed by atoms with Crippen molar-refractivity contribution in [3.05, 3.63) is 29.8 Å². The van der Waals surface area contributed by atoms with Crippen LogP contribution in [0.2, 0.25) is 0 Å². The molecule has 0 aliphatic carbocycles. The zero-order chi connectivity index (χ0) is 14.9. The number of hydrogen-bond donors (Lipinski definition) is 3. The van der Waals surface area contributed by atoms with Crippen LogP contribution in [-0.4, -0.2) is 54.9 Å². The predicted molar refractivity (Wildman–Crippen MR) is 67.2 cm³/mol. The van der Waals surface area contributed by atoms with E-state index in [-0.39, 0.29) is 4.90 Å². The summed E-state index contributed by atoms with van der Waals surface area (Å²) < 4.78 is 33.7. The van der Waals surface area contributed by atoms with E-state index in [9.17, 15) is 18.6 Å². The fourth-order valence-electron chi connectivity index (χ4n) is 1.88. The van der Waals surface area contributed by atoms with Gasteiger partial charge in [-0.05, 0) is 19.1 Å². The van der Waals surface area contributed by atoms with E-state index in [1.54, 1.807) is 19.1 Å². The van der Waals surface area contributed by atoms with E-state index in [4.69, 9.17) is 14.0 Å². The lowest BCUT2D eigenvalue weighted by atomic mass is 10.1. The number of rotatable bonds is 4. The largest absolute Gasteiger partial charge is 0.394 e. The van der Waals surface area contributed by atoms with E-state index in [1.165, 1.54) is 12.1 Å². The molecule has 0 bridgehead atoms. The van der Waals surface area contributed by atoms with Crippen LogP contribution in [0.1, 0.15) is 5.56 Å². The molecule has 7 nitrogen and oxygen atoms in total. The molecule has 0 amide bonds. The molecule has 0 saturated carbocycles. The Balaban J connectivity index is 2.18. The molecule has 0 radical (unpaired) electrons. The highest BCUT2D eigenvalue weighted by atomic mass is 32.2. The second kappa shape index (κ2) is 5.76. The molecule has 8 heteroatoms. The van der Waals surface area contributed by atoms with E-state index in [1.807, 2.05) is 0 Å². The molecule has 0 aromatic heterocycles. The Morgan fingerprint density at radius 1 is 1.25 bits per heavy atom. The third kappa shape index (κ3) is 3.00. The Bertz CT molecular complexity index is 554. The van der Waals surface area contributed by atoms with Gasteiger partial charge in [-0.15, -0.1) is 0 Å². The Morgan fingerprint density at radius 3 is 2.35 bits per heavy atom. The van der Waals surface area contributed by atoms with Gasteiger partial charge < -0.3 is 20.1 Å². The lowest BCUT2D eigenvalue weighted by molar-refractivity contribution is -0.127. The molecule has 112 valence electrons. The number of hydrogen-bond acceptors (Lipinski definition) is 7. The minimum absolute atomic E-state index is 0.0880. The molecule has 20 heavy (non-hydrogen) atoms. The average Bonchev–Trinajstić information content (AvgIpc) is 2.66. The molecule has 1 aliphatic heterocycles. The molecule has 1 fully saturated rings. The van der Waals surface area contributed by atoms with Crippen molar-refractivity contribution >= 4 is 10.1 Å². The minimum Gasteiger partial charge on any atom is -0.394 e. The smallest absolute Gasteiger partial charge is 0.297 e. The zero-order valence-electron chi connectivity index (χ0n) is 10.7. The highest BCUT2D eigenvalue weighted by molar-refractivity contribution is 7.86. The Morgan fingerprint density at radius 2 is 1.85 bits per heavy atom. The fourth-order valence-corrected chi connectivity index (χ4v) is 2.96. The van der Waals surface area contributed by atoms with Gasteiger partial charge in [-0.25, -0.2) is 0 Å². The SMILES string of the molecule is Cc1ccc(S(=O)(=O)O[C@@H]2[C@@H](O)[C@@H](CO)O[C@@H]2O)cc1. The first-order valence-corrected chi connectivity index (χ1v) is 7.38. The van der Waals surface area contributed by atoms with Crippen LogP contribution in [0, 0.1) is 6.92 Å². The summed E-state index contributed by atoms with van der Waals surface area (Å²) >= 11 is 0. The lowest BCUT2D eigenvalue weighted by Gasteiger charge is -2.17. The molecule has 1 saturated heterocycles. The Labute approximate surface area is 116 Å². The van der Waals surface area contributed by atoms with E-state index >= 15 is 0 Å². The van der Waals surface area contributed by atoms with Crippen molar-refractivity contribution < 1.29 is 32.7 Å². The van der Waals surface area contributed by atoms with Gasteiger partial charge in [0, 0.05) is 0 Å². The summed E-state index contributed by atoms with van der Waals surface area (Å²) in [4.78, 5) is -0.0880. The molecule has 2 rings (SSSR count). The third-order valence-corrected chi connectivity index (χ3v) is 4.37. The van der Waals surface area contributed by atoms with Gasteiger partial charge >= 0.3 is 0 Å². The molecule has 3 N–H and O–H groups in total. The maximum Gasteiger partial charge on any atom is 0.297 e. The van der Waals surface area contributed by atoms with Crippen molar-refractivity contribution in [2.45, 2.75) is 36.4 Å². The van der Waals surface area contributed by atoms with Crippen LogP contribution in [-0.2, 0) is 19.0 Å². The van der Waals surface area contributed by atoms with Crippen LogP contribution in [0.4, 0.5) is 0 Å². The van der Waals surface area contributed by atoms with E-state index in [0.29, 0.717) is 0 Å². The highest BCUT2D eigenvalue weighted by Crippen LogP contribution is 2.26. The quantitative estimate of drug-likeness (QED) is 0.620. The number of benzene rings is 1. The first kappa shape index (κ1) is 15.4. The maximum absolute atomic E-state index is 12.0. The topological polar surface area (TPSA) is 113 Å². The van der Waals surface area contributed by atoms with Crippen LogP contribution in [0.5, 0.6) is 0 Å². The van der Waals surface area contributed by atoms with Crippen molar-refractivity contribution in [1.29, 1.82) is 0 Å². The van der Waals surface area contributed by atoms with Gasteiger partial charge in [-0.3, -0.25) is 4.18 Å². The molecule has 1 heterocycles. The average molecular weight is 304 g/mol. The summed E-state index contributed by atoms with van der Waals surface area (Å²) in [6.07, 6.45) is -5.61. The predicted octanol–water partition coefficient (Wildman–Crippen LogP) is -0.861. The molecule has 0 unspecified atom stereocenters. The summed E-state index contributed by atoms with van der Waals surface area (Å²) in [6.45, 7) is 1.25. The molecule has 1 aromatic carbocycles. The minimum atomic E-state index is -4.14. The molecule has 0 spiro atoms. The zero-order valence-corrected chi connectivity index (χ0v) is 11.5. The molecule has 4 atom stereocenters. The normalized spacial score (nSPS) is 30.6. The first-order valence-electron chi connectivity index (χ1n) is 5.97. The second-order valence-corrected chi connectivity index (χ2v) is 6.14. The van der Waals surface area contributed by atoms with Gasteiger partial charge in [0.25, 0.3) is 10.1 Å². The molecule has 1 aliphatic rings. The summed E-state index contributed by atoms with van der Waals surface area (Å²) in [5, 5.41) is 28.2. The Kier molecular flexibility index (Phi) is 4.43. The Hall–Kier alpha value is -1.03. The first-order chi connectivity index (χ1) is 9.35. The van der Waals surface area contributed by atoms with Crippen LogP contribution in [0.15, 0.2) is 29.2 Å². The number of aliphatic hydroxyl groups is 3. The second-order valence-electron chi connectivity index (χ2n) is 4.57. The van der Waals surface area contributed by atoms with Crippen LogP contribution < -0.4 is 0 Å². The van der Waals surface area contributed by atoms with Crippen LogP contribution in [0.3, 0.4) is 0 Å². The number of ether oxygens (including phenoxy) is 1. The summed E-state index contributed by atoms with van der Waals surface area (Å²) in [5.74, 6) is 0. The van der Waals surface area contributed by atoms with Crippen LogP contribution >= 0.6 is 0 Å². The van der Waals surface area contributed by atoms with Gasteiger partial charge in [0.2, 0.25) is 0 Å². The number of aliphatic hydroxyl groups excluding tert-OH is 3. The summed E-state index contributed by atoms with van der Waals surface area (Å²) in [6, 6.07) is 5.93. The summed E-state index contributed by atoms with van der Waals surface area (Å²) in [7, 11) is -4.14. The fraction of sp³-hybridized carbons (Fsp3) is 0.500. The summed E-state index contributed by atoms with van der Waals surface area (Å²) in [5.41, 5.74) is 0.883. The molecular formula is C12H16O7S. The van der Waals surface area contributed by atoms with Crippen molar-refractivity contribution in [3.63, 3.8) is 0 Å². The monoisotopic (exact) mass is 304 g/mol. The lowest BCUT2D eigenvalue weighted by Crippen LogP contribution is -2.37. The van der Waals surface area contributed by atoms with E-state index in [0.717, 1.165) is 5.56 Å². The van der Waals surface area contributed by atoms with E-state index < -0.39 is 41.3 Å². The van der Waals surface area contributed by atoms with Crippen molar-refractivity contribution in [2.24, 2.45) is 0 Å². The van der Waals surface area contributed by atoms with Crippen molar-refractivity contribution in [1.82, 2.24) is 0 Å². The van der Waals surface area contributed by atoms with Gasteiger partial charge in [0.1, 0.15) is 12.2 Å². The third-order valence-electron chi connectivity index (χ3n) is 3.04. The van der Waals surface area contributed by atoms with Gasteiger partial charge in [-0.1, -0.05) is 17.7 Å². The van der Waals surface area contributed by atoms with Crippen molar-refractivity contribution in [2.75, 3.05) is 6.61 Å². The van der Waals surface area contributed by atoms with Crippen molar-refractivity contribution in [3.8, 4) is 0 Å². The van der Waals surface area contributed by atoms with Gasteiger partial charge in [0.15, 0.2) is 12.4 Å². The molecule has 1 aromatic rings. The van der Waals surface area contributed by atoms with Crippen LogP contribution in [0.25, 0.3) is 0 Å². The highest BCUT2D eigenvalue weighted by Gasteiger charge is 2.46. The van der Waals surface area contributed by atoms with Gasteiger partial charge in [-0.2, -0.15) is 8.42 Å². The number of aryl methyl sites for hydroxylation is 1. The van der Waals surface area contributed by atoms with Gasteiger partial charge in [0.05, 0.1) is 11.5 Å². The maximum atomic E-state index is 12.0.